The molecule has 3 heteroatoms. The summed E-state index contributed by atoms with van der Waals surface area (Å²) in [6.45, 7) is 0. The SMILES string of the molecule is Oc1cccc(-c2ccc(-c3cccc(O)c3)nc2)c1. The standard InChI is InChI=1S/C17H13NO2/c19-15-5-1-3-12(9-15)14-7-8-17(18-11-14)13-4-2-6-16(20)10-13/h1-11,19-20H. The Morgan fingerprint density at radius 1 is 0.650 bits per heavy atom. The molecular weight excluding hydrogens is 250 g/mol. The third-order valence-corrected chi connectivity index (χ3v) is 3.08. The molecule has 0 bridgehead atoms. The van der Waals surface area contributed by atoms with Crippen molar-refractivity contribution in [1.29, 1.82) is 0 Å². The van der Waals surface area contributed by atoms with Gasteiger partial charge in [0.25, 0.3) is 0 Å². The van der Waals surface area contributed by atoms with Crippen molar-refractivity contribution >= 4 is 0 Å². The van der Waals surface area contributed by atoms with Gasteiger partial charge in [-0.15, -0.1) is 0 Å². The molecule has 1 heterocycles. The largest absolute Gasteiger partial charge is 0.508 e. The van der Waals surface area contributed by atoms with Gasteiger partial charge in [0.05, 0.1) is 5.69 Å². The van der Waals surface area contributed by atoms with Crippen LogP contribution in [0.2, 0.25) is 0 Å². The smallest absolute Gasteiger partial charge is 0.116 e. The first-order chi connectivity index (χ1) is 9.72. The molecule has 98 valence electrons. The van der Waals surface area contributed by atoms with Gasteiger partial charge in [-0.25, -0.2) is 0 Å². The van der Waals surface area contributed by atoms with E-state index in [0.717, 1.165) is 22.4 Å². The van der Waals surface area contributed by atoms with Gasteiger partial charge in [-0.3, -0.25) is 4.98 Å². The fraction of sp³-hybridized carbons (Fsp3) is 0. The third kappa shape index (κ3) is 2.47. The maximum Gasteiger partial charge on any atom is 0.116 e. The summed E-state index contributed by atoms with van der Waals surface area (Å²) in [6.07, 6.45) is 1.76. The number of rotatable bonds is 2. The van der Waals surface area contributed by atoms with Crippen molar-refractivity contribution in [2.24, 2.45) is 0 Å². The number of benzene rings is 2. The third-order valence-electron chi connectivity index (χ3n) is 3.08. The Kier molecular flexibility index (Phi) is 3.09. The minimum Gasteiger partial charge on any atom is -0.508 e. The minimum absolute atomic E-state index is 0.223. The molecule has 0 saturated heterocycles. The van der Waals surface area contributed by atoms with Gasteiger partial charge < -0.3 is 10.2 Å². The summed E-state index contributed by atoms with van der Waals surface area (Å²) in [5, 5.41) is 19.0. The van der Waals surface area contributed by atoms with Gasteiger partial charge >= 0.3 is 0 Å². The lowest BCUT2D eigenvalue weighted by Crippen LogP contribution is -1.85. The van der Waals surface area contributed by atoms with Crippen molar-refractivity contribution in [3.05, 3.63) is 66.9 Å². The predicted octanol–water partition coefficient (Wildman–Crippen LogP) is 3.83. The van der Waals surface area contributed by atoms with Gasteiger partial charge in [-0.05, 0) is 35.9 Å². The summed E-state index contributed by atoms with van der Waals surface area (Å²) >= 11 is 0. The van der Waals surface area contributed by atoms with Crippen LogP contribution in [0, 0.1) is 0 Å². The van der Waals surface area contributed by atoms with Gasteiger partial charge in [-0.2, -0.15) is 0 Å². The van der Waals surface area contributed by atoms with Crippen molar-refractivity contribution in [3.63, 3.8) is 0 Å². The molecule has 0 aliphatic rings. The molecule has 0 aliphatic carbocycles. The Bertz CT molecular complexity index is 671. The lowest BCUT2D eigenvalue weighted by Gasteiger charge is -2.05. The number of aromatic nitrogens is 1. The number of aromatic hydroxyl groups is 2. The van der Waals surface area contributed by atoms with Crippen molar-refractivity contribution < 1.29 is 10.2 Å². The molecule has 0 fully saturated rings. The molecular formula is C17H13NO2. The van der Waals surface area contributed by atoms with E-state index in [0.29, 0.717) is 0 Å². The van der Waals surface area contributed by atoms with Crippen LogP contribution in [-0.2, 0) is 0 Å². The second-order valence-corrected chi connectivity index (χ2v) is 4.53. The van der Waals surface area contributed by atoms with Crippen LogP contribution in [0.4, 0.5) is 0 Å². The summed E-state index contributed by atoms with van der Waals surface area (Å²) in [4.78, 5) is 4.40. The van der Waals surface area contributed by atoms with Crippen LogP contribution < -0.4 is 0 Å². The monoisotopic (exact) mass is 263 g/mol. The summed E-state index contributed by atoms with van der Waals surface area (Å²) in [5.74, 6) is 0.459. The number of hydrogen-bond acceptors (Lipinski definition) is 3. The second-order valence-electron chi connectivity index (χ2n) is 4.53. The highest BCUT2D eigenvalue weighted by Crippen LogP contribution is 2.26. The van der Waals surface area contributed by atoms with Crippen LogP contribution in [-0.4, -0.2) is 15.2 Å². The zero-order valence-corrected chi connectivity index (χ0v) is 10.7. The molecule has 0 radical (unpaired) electrons. The first kappa shape index (κ1) is 12.2. The van der Waals surface area contributed by atoms with E-state index in [1.54, 1.807) is 42.6 Å². The average Bonchev–Trinajstić information content (AvgIpc) is 2.47. The molecule has 0 atom stereocenters. The minimum atomic E-state index is 0.223. The number of hydrogen-bond donors (Lipinski definition) is 2. The van der Waals surface area contributed by atoms with Crippen molar-refractivity contribution in [2.45, 2.75) is 0 Å². The van der Waals surface area contributed by atoms with Crippen LogP contribution in [0.25, 0.3) is 22.4 Å². The molecule has 2 aromatic carbocycles. The Hall–Kier alpha value is -2.81. The average molecular weight is 263 g/mol. The lowest BCUT2D eigenvalue weighted by molar-refractivity contribution is 0.475. The molecule has 1 aromatic heterocycles. The number of phenolic OH excluding ortho intramolecular Hbond substituents is 2. The van der Waals surface area contributed by atoms with Gasteiger partial charge in [0.2, 0.25) is 0 Å². The first-order valence-corrected chi connectivity index (χ1v) is 6.27. The fourth-order valence-electron chi connectivity index (χ4n) is 2.09. The highest BCUT2D eigenvalue weighted by Gasteiger charge is 2.03. The summed E-state index contributed by atoms with van der Waals surface area (Å²) in [5.41, 5.74) is 3.52. The fourth-order valence-corrected chi connectivity index (χ4v) is 2.09. The number of phenols is 2. The summed E-state index contributed by atoms with van der Waals surface area (Å²) < 4.78 is 0. The maximum atomic E-state index is 9.49. The van der Waals surface area contributed by atoms with E-state index in [2.05, 4.69) is 4.98 Å². The van der Waals surface area contributed by atoms with E-state index in [4.69, 9.17) is 0 Å². The zero-order valence-electron chi connectivity index (χ0n) is 10.7. The van der Waals surface area contributed by atoms with Crippen molar-refractivity contribution in [2.75, 3.05) is 0 Å². The van der Waals surface area contributed by atoms with Gasteiger partial charge in [0.1, 0.15) is 11.5 Å². The molecule has 0 unspecified atom stereocenters. The van der Waals surface area contributed by atoms with Crippen LogP contribution in [0.15, 0.2) is 66.9 Å². The molecule has 2 N–H and O–H groups in total. The molecule has 3 rings (SSSR count). The Morgan fingerprint density at radius 2 is 1.30 bits per heavy atom. The Morgan fingerprint density at radius 3 is 1.90 bits per heavy atom. The van der Waals surface area contributed by atoms with E-state index < -0.39 is 0 Å². The number of pyridine rings is 1. The topological polar surface area (TPSA) is 53.4 Å². The highest BCUT2D eigenvalue weighted by molar-refractivity contribution is 5.68. The predicted molar refractivity (Wildman–Crippen MR) is 78.4 cm³/mol. The number of nitrogens with zero attached hydrogens (tertiary/aromatic N) is 1. The normalized spacial score (nSPS) is 10.4. The summed E-state index contributed by atoms with van der Waals surface area (Å²) in [6, 6.07) is 17.9. The van der Waals surface area contributed by atoms with Crippen LogP contribution in [0.3, 0.4) is 0 Å². The molecule has 0 aliphatic heterocycles. The Labute approximate surface area is 116 Å². The highest BCUT2D eigenvalue weighted by atomic mass is 16.3. The summed E-state index contributed by atoms with van der Waals surface area (Å²) in [7, 11) is 0. The van der Waals surface area contributed by atoms with Crippen LogP contribution in [0.5, 0.6) is 11.5 Å². The Balaban J connectivity index is 1.96. The zero-order chi connectivity index (χ0) is 13.9. The molecule has 3 aromatic rings. The van der Waals surface area contributed by atoms with Gasteiger partial charge in [-0.1, -0.05) is 30.3 Å². The van der Waals surface area contributed by atoms with Crippen LogP contribution >= 0.6 is 0 Å². The van der Waals surface area contributed by atoms with E-state index in [-0.39, 0.29) is 11.5 Å². The molecule has 20 heavy (non-hydrogen) atoms. The van der Waals surface area contributed by atoms with E-state index >= 15 is 0 Å². The molecule has 3 nitrogen and oxygen atoms in total. The molecule has 0 amide bonds. The second kappa shape index (κ2) is 5.05. The van der Waals surface area contributed by atoms with Crippen molar-refractivity contribution in [1.82, 2.24) is 4.98 Å². The van der Waals surface area contributed by atoms with Crippen LogP contribution in [0.1, 0.15) is 0 Å². The first-order valence-electron chi connectivity index (χ1n) is 6.27. The maximum absolute atomic E-state index is 9.49. The van der Waals surface area contributed by atoms with Gasteiger partial charge in [0.15, 0.2) is 0 Å². The van der Waals surface area contributed by atoms with E-state index in [9.17, 15) is 10.2 Å². The van der Waals surface area contributed by atoms with E-state index in [1.165, 1.54) is 0 Å². The quantitative estimate of drug-likeness (QED) is 0.738. The molecule has 0 spiro atoms. The van der Waals surface area contributed by atoms with Gasteiger partial charge in [0, 0.05) is 17.3 Å². The molecule has 0 saturated carbocycles. The van der Waals surface area contributed by atoms with E-state index in [1.807, 2.05) is 24.3 Å². The lowest BCUT2D eigenvalue weighted by atomic mass is 10.1. The van der Waals surface area contributed by atoms with Crippen molar-refractivity contribution in [3.8, 4) is 33.9 Å².